The molecule has 1 aliphatic heterocycles. The Bertz CT molecular complexity index is 401. The van der Waals surface area contributed by atoms with Crippen molar-refractivity contribution in [1.82, 2.24) is 14.7 Å². The zero-order valence-electron chi connectivity index (χ0n) is 9.19. The van der Waals surface area contributed by atoms with Gasteiger partial charge < -0.3 is 10.0 Å². The van der Waals surface area contributed by atoms with Gasteiger partial charge in [0.15, 0.2) is 0 Å². The van der Waals surface area contributed by atoms with Gasteiger partial charge in [-0.25, -0.2) is 0 Å². The number of rotatable bonds is 1. The molecule has 5 heteroatoms. The number of aromatic nitrogens is 2. The summed E-state index contributed by atoms with van der Waals surface area (Å²) < 4.78 is 1.63. The lowest BCUT2D eigenvalue weighted by Gasteiger charge is -2.44. The van der Waals surface area contributed by atoms with Crippen molar-refractivity contribution in [3.05, 3.63) is 17.5 Å². The standard InChI is InChI=1S/C10H15N3O2/c1-7-8(4-12(3)11-7)9(14)13-5-10(2,15)6-13/h4,15H,5-6H2,1-3H3. The second kappa shape index (κ2) is 3.06. The fourth-order valence-corrected chi connectivity index (χ4v) is 1.90. The molecule has 0 saturated carbocycles. The topological polar surface area (TPSA) is 58.4 Å². The fraction of sp³-hybridized carbons (Fsp3) is 0.600. The molecule has 5 nitrogen and oxygen atoms in total. The Kier molecular flexibility index (Phi) is 2.08. The van der Waals surface area contributed by atoms with Crippen LogP contribution in [0.3, 0.4) is 0 Å². The van der Waals surface area contributed by atoms with E-state index >= 15 is 0 Å². The van der Waals surface area contributed by atoms with E-state index in [9.17, 15) is 9.90 Å². The van der Waals surface area contributed by atoms with Crippen LogP contribution in [0.5, 0.6) is 0 Å². The molecule has 0 aliphatic carbocycles. The van der Waals surface area contributed by atoms with E-state index in [4.69, 9.17) is 0 Å². The summed E-state index contributed by atoms with van der Waals surface area (Å²) >= 11 is 0. The third kappa shape index (κ3) is 1.74. The van der Waals surface area contributed by atoms with Crippen LogP contribution in [-0.4, -0.2) is 44.4 Å². The van der Waals surface area contributed by atoms with Crippen LogP contribution in [0.15, 0.2) is 6.20 Å². The van der Waals surface area contributed by atoms with Crippen molar-refractivity contribution in [1.29, 1.82) is 0 Å². The first-order valence-corrected chi connectivity index (χ1v) is 4.91. The quantitative estimate of drug-likeness (QED) is 0.704. The van der Waals surface area contributed by atoms with Crippen molar-refractivity contribution < 1.29 is 9.90 Å². The van der Waals surface area contributed by atoms with Gasteiger partial charge in [-0.05, 0) is 13.8 Å². The largest absolute Gasteiger partial charge is 0.386 e. The van der Waals surface area contributed by atoms with Gasteiger partial charge in [-0.1, -0.05) is 0 Å². The Balaban J connectivity index is 2.13. The lowest BCUT2D eigenvalue weighted by molar-refractivity contribution is -0.0669. The Morgan fingerprint density at radius 2 is 2.20 bits per heavy atom. The van der Waals surface area contributed by atoms with Crippen LogP contribution in [-0.2, 0) is 7.05 Å². The molecule has 1 aromatic rings. The number of aryl methyl sites for hydroxylation is 2. The van der Waals surface area contributed by atoms with Crippen molar-refractivity contribution >= 4 is 5.91 Å². The SMILES string of the molecule is Cc1nn(C)cc1C(=O)N1CC(C)(O)C1. The summed E-state index contributed by atoms with van der Waals surface area (Å²) in [5.74, 6) is -0.0490. The van der Waals surface area contributed by atoms with E-state index < -0.39 is 5.60 Å². The van der Waals surface area contributed by atoms with Crippen molar-refractivity contribution in [2.24, 2.45) is 7.05 Å². The highest BCUT2D eigenvalue weighted by molar-refractivity contribution is 5.95. The minimum atomic E-state index is -0.716. The number of aliphatic hydroxyl groups is 1. The number of β-amino-alcohol motifs (C(OH)–C–C–N with tert-alkyl or cyclic N) is 1. The number of carbonyl (C=O) groups excluding carboxylic acids is 1. The molecule has 0 unspecified atom stereocenters. The van der Waals surface area contributed by atoms with Gasteiger partial charge in [0, 0.05) is 13.2 Å². The Labute approximate surface area is 88.3 Å². The Morgan fingerprint density at radius 1 is 1.60 bits per heavy atom. The van der Waals surface area contributed by atoms with Crippen LogP contribution >= 0.6 is 0 Å². The maximum Gasteiger partial charge on any atom is 0.257 e. The molecular weight excluding hydrogens is 194 g/mol. The summed E-state index contributed by atoms with van der Waals surface area (Å²) in [7, 11) is 1.79. The van der Waals surface area contributed by atoms with Gasteiger partial charge in [-0.2, -0.15) is 5.10 Å². The van der Waals surface area contributed by atoms with Crippen LogP contribution in [0.4, 0.5) is 0 Å². The first-order chi connectivity index (χ1) is 6.89. The lowest BCUT2D eigenvalue weighted by atomic mass is 9.96. The number of hydrogen-bond donors (Lipinski definition) is 1. The first kappa shape index (κ1) is 10.2. The van der Waals surface area contributed by atoms with Gasteiger partial charge in [0.25, 0.3) is 5.91 Å². The first-order valence-electron chi connectivity index (χ1n) is 4.91. The second-order valence-corrected chi connectivity index (χ2v) is 4.46. The van der Waals surface area contributed by atoms with Crippen LogP contribution in [0, 0.1) is 6.92 Å². The molecule has 0 aromatic carbocycles. The van der Waals surface area contributed by atoms with Crippen LogP contribution < -0.4 is 0 Å². The van der Waals surface area contributed by atoms with Crippen molar-refractivity contribution in [2.75, 3.05) is 13.1 Å². The average molecular weight is 209 g/mol. The summed E-state index contributed by atoms with van der Waals surface area (Å²) in [5, 5.41) is 13.7. The number of amides is 1. The zero-order chi connectivity index (χ0) is 11.2. The average Bonchev–Trinajstić information content (AvgIpc) is 2.40. The maximum absolute atomic E-state index is 11.9. The smallest absolute Gasteiger partial charge is 0.257 e. The predicted molar refractivity (Wildman–Crippen MR) is 54.5 cm³/mol. The fourth-order valence-electron chi connectivity index (χ4n) is 1.90. The summed E-state index contributed by atoms with van der Waals surface area (Å²) in [6.45, 7) is 4.35. The molecule has 0 radical (unpaired) electrons. The minimum Gasteiger partial charge on any atom is -0.386 e. The number of likely N-dealkylation sites (tertiary alicyclic amines) is 1. The van der Waals surface area contributed by atoms with Crippen molar-refractivity contribution in [2.45, 2.75) is 19.4 Å². The van der Waals surface area contributed by atoms with Gasteiger partial charge in [0.05, 0.1) is 29.9 Å². The van der Waals surface area contributed by atoms with Crippen LogP contribution in [0.1, 0.15) is 23.0 Å². The van der Waals surface area contributed by atoms with E-state index in [0.717, 1.165) is 5.69 Å². The number of hydrogen-bond acceptors (Lipinski definition) is 3. The van der Waals surface area contributed by atoms with E-state index in [-0.39, 0.29) is 5.91 Å². The van der Waals surface area contributed by atoms with Crippen molar-refractivity contribution in [3.8, 4) is 0 Å². The highest BCUT2D eigenvalue weighted by atomic mass is 16.3. The van der Waals surface area contributed by atoms with E-state index in [0.29, 0.717) is 18.7 Å². The zero-order valence-corrected chi connectivity index (χ0v) is 9.19. The summed E-state index contributed by atoms with van der Waals surface area (Å²) in [6, 6.07) is 0. The number of carbonyl (C=O) groups is 1. The molecule has 2 heterocycles. The van der Waals surface area contributed by atoms with Crippen LogP contribution in [0.25, 0.3) is 0 Å². The molecule has 0 spiro atoms. The maximum atomic E-state index is 11.9. The number of nitrogens with zero attached hydrogens (tertiary/aromatic N) is 3. The third-order valence-electron chi connectivity index (χ3n) is 2.59. The van der Waals surface area contributed by atoms with E-state index in [1.54, 1.807) is 29.7 Å². The lowest BCUT2D eigenvalue weighted by Crippen LogP contribution is -2.61. The molecule has 1 fully saturated rings. The van der Waals surface area contributed by atoms with Gasteiger partial charge in [-0.15, -0.1) is 0 Å². The van der Waals surface area contributed by atoms with Gasteiger partial charge in [0.1, 0.15) is 0 Å². The summed E-state index contributed by atoms with van der Waals surface area (Å²) in [5.41, 5.74) is 0.633. The Morgan fingerprint density at radius 3 is 2.60 bits per heavy atom. The molecule has 1 aromatic heterocycles. The highest BCUT2D eigenvalue weighted by Crippen LogP contribution is 2.22. The summed E-state index contributed by atoms with van der Waals surface area (Å²) in [6.07, 6.45) is 1.71. The molecule has 1 saturated heterocycles. The van der Waals surface area contributed by atoms with Gasteiger partial charge >= 0.3 is 0 Å². The normalized spacial score (nSPS) is 18.8. The molecule has 15 heavy (non-hydrogen) atoms. The Hall–Kier alpha value is -1.36. The molecule has 0 atom stereocenters. The molecular formula is C10H15N3O2. The molecule has 82 valence electrons. The van der Waals surface area contributed by atoms with E-state index in [1.165, 1.54) is 0 Å². The second-order valence-electron chi connectivity index (χ2n) is 4.46. The predicted octanol–water partition coefficient (Wildman–Crippen LogP) is -0.0647. The monoisotopic (exact) mass is 209 g/mol. The minimum absolute atomic E-state index is 0.0490. The van der Waals surface area contributed by atoms with Crippen molar-refractivity contribution in [3.63, 3.8) is 0 Å². The van der Waals surface area contributed by atoms with E-state index in [2.05, 4.69) is 5.10 Å². The molecule has 0 bridgehead atoms. The molecule has 1 N–H and O–H groups in total. The van der Waals surface area contributed by atoms with Gasteiger partial charge in [-0.3, -0.25) is 9.48 Å². The molecule has 1 amide bonds. The van der Waals surface area contributed by atoms with Gasteiger partial charge in [0.2, 0.25) is 0 Å². The third-order valence-corrected chi connectivity index (χ3v) is 2.59. The van der Waals surface area contributed by atoms with E-state index in [1.807, 2.05) is 6.92 Å². The highest BCUT2D eigenvalue weighted by Gasteiger charge is 2.40. The molecule has 2 rings (SSSR count). The summed E-state index contributed by atoms with van der Waals surface area (Å²) in [4.78, 5) is 13.5. The molecule has 1 aliphatic rings. The van der Waals surface area contributed by atoms with Crippen LogP contribution in [0.2, 0.25) is 0 Å².